The second-order valence-corrected chi connectivity index (χ2v) is 9.91. The van der Waals surface area contributed by atoms with E-state index in [4.69, 9.17) is 14.7 Å². The second-order valence-electron chi connectivity index (χ2n) is 9.91. The van der Waals surface area contributed by atoms with Crippen LogP contribution in [0.2, 0.25) is 0 Å². The molecule has 1 amide bonds. The minimum Gasteiger partial charge on any atom is -0.444 e. The Hall–Kier alpha value is -3.29. The van der Waals surface area contributed by atoms with Gasteiger partial charge in [0.1, 0.15) is 11.4 Å². The van der Waals surface area contributed by atoms with Gasteiger partial charge in [-0.3, -0.25) is 9.97 Å². The second kappa shape index (κ2) is 8.24. The van der Waals surface area contributed by atoms with E-state index in [2.05, 4.69) is 14.9 Å². The molecule has 1 saturated carbocycles. The highest BCUT2D eigenvalue weighted by molar-refractivity contribution is 5.94. The standard InChI is InChI=1S/C25H30N6O2/c1-16-13-18(7-8-27-16)22-28-20-15-26-14-19(17-5-6-17)21(20)23(29-22)30-9-11-31(12-10-30)24(32)33-25(2,3)4/h7-8,13-15,17H,5-6,9-12H2,1-4H3. The van der Waals surface area contributed by atoms with E-state index in [0.717, 1.165) is 28.0 Å². The number of hydrogen-bond acceptors (Lipinski definition) is 7. The van der Waals surface area contributed by atoms with Gasteiger partial charge in [0.15, 0.2) is 5.82 Å². The fourth-order valence-electron chi connectivity index (χ4n) is 4.26. The molecule has 0 aromatic carbocycles. The van der Waals surface area contributed by atoms with E-state index < -0.39 is 5.60 Å². The number of piperazine rings is 1. The van der Waals surface area contributed by atoms with Crippen molar-refractivity contribution in [3.8, 4) is 11.4 Å². The number of aromatic nitrogens is 4. The Balaban J connectivity index is 1.51. The van der Waals surface area contributed by atoms with E-state index in [9.17, 15) is 4.79 Å². The van der Waals surface area contributed by atoms with Crippen LogP contribution in [0.5, 0.6) is 0 Å². The normalized spacial score (nSPS) is 16.8. The lowest BCUT2D eigenvalue weighted by atomic mass is 10.1. The highest BCUT2D eigenvalue weighted by atomic mass is 16.6. The van der Waals surface area contributed by atoms with Crippen molar-refractivity contribution in [2.45, 2.75) is 52.1 Å². The predicted molar refractivity (Wildman–Crippen MR) is 127 cm³/mol. The van der Waals surface area contributed by atoms with Crippen molar-refractivity contribution in [1.82, 2.24) is 24.8 Å². The van der Waals surface area contributed by atoms with Gasteiger partial charge in [-0.15, -0.1) is 0 Å². The number of hydrogen-bond donors (Lipinski definition) is 0. The number of carbonyl (C=O) groups excluding carboxylic acids is 1. The summed E-state index contributed by atoms with van der Waals surface area (Å²) in [5, 5.41) is 1.09. The van der Waals surface area contributed by atoms with Gasteiger partial charge in [0.2, 0.25) is 0 Å². The van der Waals surface area contributed by atoms with Crippen LogP contribution in [0.25, 0.3) is 22.3 Å². The van der Waals surface area contributed by atoms with Crippen molar-refractivity contribution in [2.24, 2.45) is 0 Å². The number of pyridine rings is 2. The molecule has 8 heteroatoms. The van der Waals surface area contributed by atoms with Gasteiger partial charge >= 0.3 is 6.09 Å². The monoisotopic (exact) mass is 446 g/mol. The van der Waals surface area contributed by atoms with Gasteiger partial charge in [-0.2, -0.15) is 0 Å². The highest BCUT2D eigenvalue weighted by Crippen LogP contribution is 2.44. The van der Waals surface area contributed by atoms with Crippen LogP contribution >= 0.6 is 0 Å². The van der Waals surface area contributed by atoms with Crippen molar-refractivity contribution < 1.29 is 9.53 Å². The van der Waals surface area contributed by atoms with E-state index in [1.165, 1.54) is 18.4 Å². The summed E-state index contributed by atoms with van der Waals surface area (Å²) in [4.78, 5) is 35.3. The average Bonchev–Trinajstić information content (AvgIpc) is 3.62. The van der Waals surface area contributed by atoms with Crippen molar-refractivity contribution in [1.29, 1.82) is 0 Å². The van der Waals surface area contributed by atoms with Crippen LogP contribution in [-0.4, -0.2) is 62.7 Å². The zero-order valence-corrected chi connectivity index (χ0v) is 19.7. The molecule has 1 saturated heterocycles. The van der Waals surface area contributed by atoms with Crippen molar-refractivity contribution in [2.75, 3.05) is 31.1 Å². The maximum atomic E-state index is 12.5. The maximum Gasteiger partial charge on any atom is 0.410 e. The lowest BCUT2D eigenvalue weighted by Gasteiger charge is -2.36. The molecule has 4 heterocycles. The molecule has 0 unspecified atom stereocenters. The molecule has 2 fully saturated rings. The van der Waals surface area contributed by atoms with Gasteiger partial charge in [0.25, 0.3) is 0 Å². The number of nitrogens with zero attached hydrogens (tertiary/aromatic N) is 6. The topological polar surface area (TPSA) is 84.3 Å². The Kier molecular flexibility index (Phi) is 5.38. The Morgan fingerprint density at radius 2 is 1.85 bits per heavy atom. The molecule has 0 atom stereocenters. The van der Waals surface area contributed by atoms with Gasteiger partial charge in [-0.25, -0.2) is 14.8 Å². The Morgan fingerprint density at radius 1 is 1.09 bits per heavy atom. The molecule has 3 aromatic rings. The number of carbonyl (C=O) groups is 1. The van der Waals surface area contributed by atoms with Crippen LogP contribution in [-0.2, 0) is 4.74 Å². The zero-order chi connectivity index (χ0) is 23.2. The largest absolute Gasteiger partial charge is 0.444 e. The molecule has 8 nitrogen and oxygen atoms in total. The first kappa shape index (κ1) is 21.6. The first-order valence-corrected chi connectivity index (χ1v) is 11.6. The first-order valence-electron chi connectivity index (χ1n) is 11.6. The summed E-state index contributed by atoms with van der Waals surface area (Å²) in [5.74, 6) is 2.13. The van der Waals surface area contributed by atoms with Gasteiger partial charge in [0, 0.05) is 55.2 Å². The molecular weight excluding hydrogens is 416 g/mol. The van der Waals surface area contributed by atoms with Crippen LogP contribution in [0.3, 0.4) is 0 Å². The SMILES string of the molecule is Cc1cc(-c2nc(N3CCN(C(=O)OC(C)(C)C)CC3)c3c(C4CC4)cncc3n2)ccn1. The molecule has 33 heavy (non-hydrogen) atoms. The van der Waals surface area contributed by atoms with E-state index in [0.29, 0.717) is 37.9 Å². The number of amides is 1. The van der Waals surface area contributed by atoms with Crippen LogP contribution in [0.15, 0.2) is 30.7 Å². The lowest BCUT2D eigenvalue weighted by molar-refractivity contribution is 0.0240. The van der Waals surface area contributed by atoms with Crippen LogP contribution in [0.4, 0.5) is 10.6 Å². The molecule has 3 aromatic heterocycles. The van der Waals surface area contributed by atoms with Crippen LogP contribution in [0, 0.1) is 6.92 Å². The minimum absolute atomic E-state index is 0.259. The summed E-state index contributed by atoms with van der Waals surface area (Å²) in [7, 11) is 0. The molecule has 0 N–H and O–H groups in total. The van der Waals surface area contributed by atoms with Gasteiger partial charge in [-0.1, -0.05) is 0 Å². The summed E-state index contributed by atoms with van der Waals surface area (Å²) in [6.07, 6.45) is 7.69. The molecular formula is C25H30N6O2. The maximum absolute atomic E-state index is 12.5. The van der Waals surface area contributed by atoms with E-state index in [1.54, 1.807) is 11.1 Å². The number of rotatable bonds is 3. The van der Waals surface area contributed by atoms with E-state index in [1.807, 2.05) is 52.2 Å². The molecule has 2 aliphatic rings. The summed E-state index contributed by atoms with van der Waals surface area (Å²) in [5.41, 5.74) is 3.46. The number of anilines is 1. The zero-order valence-electron chi connectivity index (χ0n) is 19.7. The van der Waals surface area contributed by atoms with Gasteiger partial charge in [-0.05, 0) is 64.2 Å². The van der Waals surface area contributed by atoms with Gasteiger partial charge < -0.3 is 14.5 Å². The summed E-state index contributed by atoms with van der Waals surface area (Å²) in [6, 6.07) is 3.94. The van der Waals surface area contributed by atoms with Crippen LogP contribution < -0.4 is 4.90 Å². The number of fused-ring (bicyclic) bond motifs is 1. The fourth-order valence-corrected chi connectivity index (χ4v) is 4.26. The molecule has 1 aliphatic heterocycles. The quantitative estimate of drug-likeness (QED) is 0.592. The number of aryl methyl sites for hydroxylation is 1. The van der Waals surface area contributed by atoms with Crippen molar-refractivity contribution >= 4 is 22.8 Å². The average molecular weight is 447 g/mol. The Labute approximate surface area is 194 Å². The molecule has 0 bridgehead atoms. The Morgan fingerprint density at radius 3 is 2.52 bits per heavy atom. The summed E-state index contributed by atoms with van der Waals surface area (Å²) < 4.78 is 5.56. The Bertz CT molecular complexity index is 1190. The molecule has 0 radical (unpaired) electrons. The third kappa shape index (κ3) is 4.60. The molecule has 5 rings (SSSR count). The molecule has 1 aliphatic carbocycles. The van der Waals surface area contributed by atoms with Gasteiger partial charge in [0.05, 0.1) is 11.7 Å². The summed E-state index contributed by atoms with van der Waals surface area (Å²) in [6.45, 7) is 10.2. The van der Waals surface area contributed by atoms with E-state index in [-0.39, 0.29) is 6.09 Å². The first-order chi connectivity index (χ1) is 15.8. The fraction of sp³-hybridized carbons (Fsp3) is 0.480. The smallest absolute Gasteiger partial charge is 0.410 e. The molecule has 0 spiro atoms. The number of ether oxygens (including phenoxy) is 1. The predicted octanol–water partition coefficient (Wildman–Crippen LogP) is 4.33. The van der Waals surface area contributed by atoms with Crippen molar-refractivity contribution in [3.63, 3.8) is 0 Å². The van der Waals surface area contributed by atoms with Crippen molar-refractivity contribution in [3.05, 3.63) is 42.0 Å². The molecule has 172 valence electrons. The highest BCUT2D eigenvalue weighted by Gasteiger charge is 2.31. The van der Waals surface area contributed by atoms with Crippen LogP contribution in [0.1, 0.15) is 50.8 Å². The third-order valence-electron chi connectivity index (χ3n) is 6.02. The summed E-state index contributed by atoms with van der Waals surface area (Å²) >= 11 is 0. The minimum atomic E-state index is -0.499. The third-order valence-corrected chi connectivity index (χ3v) is 6.02. The van der Waals surface area contributed by atoms with E-state index >= 15 is 0 Å². The lowest BCUT2D eigenvalue weighted by Crippen LogP contribution is -2.50.